The molecule has 1 saturated carbocycles. The Hall–Kier alpha value is -1.10. The van der Waals surface area contributed by atoms with Gasteiger partial charge in [-0.25, -0.2) is 9.78 Å². The van der Waals surface area contributed by atoms with Gasteiger partial charge in [-0.2, -0.15) is 0 Å². The Bertz CT molecular complexity index is 507. The van der Waals surface area contributed by atoms with Gasteiger partial charge < -0.3 is 9.64 Å². The number of ether oxygens (including phenoxy) is 1. The Morgan fingerprint density at radius 2 is 2.05 bits per heavy atom. The van der Waals surface area contributed by atoms with Crippen molar-refractivity contribution in [2.24, 2.45) is 0 Å². The molecule has 1 heterocycles. The van der Waals surface area contributed by atoms with Crippen LogP contribution < -0.4 is 4.90 Å². The van der Waals surface area contributed by atoms with Gasteiger partial charge in [0.25, 0.3) is 0 Å². The van der Waals surface area contributed by atoms with E-state index in [1.165, 1.54) is 19.3 Å². The second-order valence-electron chi connectivity index (χ2n) is 6.23. The number of hydrogen-bond donors (Lipinski definition) is 0. The molecule has 1 aromatic heterocycles. The number of anilines is 1. The fourth-order valence-corrected chi connectivity index (χ4v) is 2.51. The molecule has 1 aromatic rings. The van der Waals surface area contributed by atoms with Crippen LogP contribution in [0.15, 0.2) is 16.7 Å². The maximum absolute atomic E-state index is 12.2. The summed E-state index contributed by atoms with van der Waals surface area (Å²) in [4.78, 5) is 18.7. The Labute approximate surface area is 128 Å². The zero-order valence-corrected chi connectivity index (χ0v) is 14.0. The van der Waals surface area contributed by atoms with Crippen molar-refractivity contribution in [3.05, 3.63) is 22.3 Å². The lowest BCUT2D eigenvalue weighted by Gasteiger charge is -2.35. The zero-order chi connectivity index (χ0) is 14.9. The lowest BCUT2D eigenvalue weighted by atomic mass is 9.92. The smallest absolute Gasteiger partial charge is 0.338 e. The molecule has 5 heteroatoms. The molecule has 0 atom stereocenters. The van der Waals surface area contributed by atoms with Crippen LogP contribution in [0.2, 0.25) is 0 Å². The molecule has 0 N–H and O–H groups in total. The molecule has 20 heavy (non-hydrogen) atoms. The number of pyridine rings is 1. The summed E-state index contributed by atoms with van der Waals surface area (Å²) in [7, 11) is 2.03. The normalized spacial score (nSPS) is 15.7. The first-order chi connectivity index (χ1) is 9.26. The van der Waals surface area contributed by atoms with Gasteiger partial charge in [0, 0.05) is 13.1 Å². The van der Waals surface area contributed by atoms with E-state index in [0.29, 0.717) is 16.2 Å². The first-order valence-electron chi connectivity index (χ1n) is 6.90. The molecule has 1 fully saturated rings. The van der Waals surface area contributed by atoms with Crippen LogP contribution in [0.4, 0.5) is 5.82 Å². The summed E-state index contributed by atoms with van der Waals surface area (Å²) in [5.41, 5.74) is 0.0373. The molecule has 0 amide bonds. The van der Waals surface area contributed by atoms with Crippen molar-refractivity contribution in [2.75, 3.05) is 11.9 Å². The number of aromatic nitrogens is 1. The second-order valence-corrected chi connectivity index (χ2v) is 7.05. The molecule has 0 bridgehead atoms. The van der Waals surface area contributed by atoms with E-state index in [2.05, 4.69) is 25.8 Å². The van der Waals surface area contributed by atoms with Crippen LogP contribution in [0.3, 0.4) is 0 Å². The molecule has 110 valence electrons. The van der Waals surface area contributed by atoms with E-state index in [1.54, 1.807) is 12.1 Å². The minimum Gasteiger partial charge on any atom is -0.456 e. The predicted octanol–water partition coefficient (Wildman–Crippen LogP) is 3.79. The average Bonchev–Trinajstić information content (AvgIpc) is 2.23. The monoisotopic (exact) mass is 340 g/mol. The van der Waals surface area contributed by atoms with E-state index >= 15 is 0 Å². The van der Waals surface area contributed by atoms with E-state index < -0.39 is 5.60 Å². The molecule has 0 spiro atoms. The predicted molar refractivity (Wildman–Crippen MR) is 83.1 cm³/mol. The first-order valence-corrected chi connectivity index (χ1v) is 7.69. The fraction of sp³-hybridized carbons (Fsp3) is 0.600. The lowest BCUT2D eigenvalue weighted by molar-refractivity contribution is 0.00693. The topological polar surface area (TPSA) is 42.4 Å². The number of carbonyl (C=O) groups is 1. The molecule has 0 aromatic carbocycles. The highest BCUT2D eigenvalue weighted by Gasteiger charge is 2.25. The summed E-state index contributed by atoms with van der Waals surface area (Å²) < 4.78 is 6.06. The van der Waals surface area contributed by atoms with Gasteiger partial charge in [-0.15, -0.1) is 0 Å². The highest BCUT2D eigenvalue weighted by molar-refractivity contribution is 9.10. The highest BCUT2D eigenvalue weighted by Crippen LogP contribution is 2.29. The Morgan fingerprint density at radius 3 is 2.55 bits per heavy atom. The summed E-state index contributed by atoms with van der Waals surface area (Å²) in [6.45, 7) is 5.59. The van der Waals surface area contributed by atoms with Crippen LogP contribution in [0.25, 0.3) is 0 Å². The van der Waals surface area contributed by atoms with Gasteiger partial charge in [-0.05, 0) is 68.1 Å². The molecule has 2 rings (SSSR count). The van der Waals surface area contributed by atoms with Gasteiger partial charge in [0.1, 0.15) is 16.0 Å². The molecule has 1 aliphatic carbocycles. The van der Waals surface area contributed by atoms with E-state index in [4.69, 9.17) is 4.74 Å². The van der Waals surface area contributed by atoms with Crippen molar-refractivity contribution >= 4 is 27.7 Å². The van der Waals surface area contributed by atoms with Crippen LogP contribution in [0.1, 0.15) is 50.4 Å². The van der Waals surface area contributed by atoms with Crippen molar-refractivity contribution in [1.29, 1.82) is 0 Å². The van der Waals surface area contributed by atoms with Crippen LogP contribution >= 0.6 is 15.9 Å². The minimum atomic E-state index is -0.493. The van der Waals surface area contributed by atoms with E-state index in [9.17, 15) is 4.79 Å². The van der Waals surface area contributed by atoms with Crippen molar-refractivity contribution in [2.45, 2.75) is 51.7 Å². The molecule has 1 aliphatic rings. The van der Waals surface area contributed by atoms with E-state index in [0.717, 1.165) is 5.82 Å². The van der Waals surface area contributed by atoms with Crippen molar-refractivity contribution in [3.8, 4) is 0 Å². The molecule has 0 unspecified atom stereocenters. The number of hydrogen-bond acceptors (Lipinski definition) is 4. The summed E-state index contributed by atoms with van der Waals surface area (Å²) >= 11 is 3.37. The number of carbonyl (C=O) groups excluding carboxylic acids is 1. The van der Waals surface area contributed by atoms with Gasteiger partial charge in [0.05, 0.1) is 5.56 Å². The Balaban J connectivity index is 2.21. The third kappa shape index (κ3) is 3.72. The molecular formula is C15H21BrN2O2. The molecule has 0 saturated heterocycles. The van der Waals surface area contributed by atoms with Crippen LogP contribution in [-0.4, -0.2) is 29.6 Å². The third-order valence-corrected chi connectivity index (χ3v) is 3.81. The van der Waals surface area contributed by atoms with Gasteiger partial charge in [0.15, 0.2) is 0 Å². The van der Waals surface area contributed by atoms with E-state index in [-0.39, 0.29) is 5.97 Å². The average molecular weight is 341 g/mol. The summed E-state index contributed by atoms with van der Waals surface area (Å²) in [6, 6.07) is 4.03. The summed E-state index contributed by atoms with van der Waals surface area (Å²) in [5, 5.41) is 0. The van der Waals surface area contributed by atoms with Crippen molar-refractivity contribution in [3.63, 3.8) is 0 Å². The van der Waals surface area contributed by atoms with Gasteiger partial charge in [-0.3, -0.25) is 0 Å². The minimum absolute atomic E-state index is 0.316. The maximum atomic E-state index is 12.2. The zero-order valence-electron chi connectivity index (χ0n) is 12.4. The standard InChI is InChI=1S/C15H21BrN2O2/c1-15(2,3)20-14(19)10-8-12(16)17-13(9-10)18(4)11-6-5-7-11/h8-9,11H,5-7H2,1-4H3. The number of rotatable bonds is 3. The summed E-state index contributed by atoms with van der Waals surface area (Å²) in [6.07, 6.45) is 3.64. The SMILES string of the molecule is CN(c1cc(C(=O)OC(C)(C)C)cc(Br)n1)C1CCC1. The third-order valence-electron chi connectivity index (χ3n) is 3.40. The fourth-order valence-electron chi connectivity index (χ4n) is 2.08. The maximum Gasteiger partial charge on any atom is 0.338 e. The molecule has 0 aliphatic heterocycles. The molecule has 4 nitrogen and oxygen atoms in total. The largest absolute Gasteiger partial charge is 0.456 e. The van der Waals surface area contributed by atoms with Crippen molar-refractivity contribution in [1.82, 2.24) is 4.98 Å². The van der Waals surface area contributed by atoms with Gasteiger partial charge >= 0.3 is 5.97 Å². The van der Waals surface area contributed by atoms with Crippen LogP contribution in [-0.2, 0) is 4.74 Å². The number of halogens is 1. The van der Waals surface area contributed by atoms with Crippen molar-refractivity contribution < 1.29 is 9.53 Å². The number of esters is 1. The Kier molecular flexibility index (Phi) is 4.37. The molecule has 0 radical (unpaired) electrons. The Morgan fingerprint density at radius 1 is 1.40 bits per heavy atom. The quantitative estimate of drug-likeness (QED) is 0.620. The van der Waals surface area contributed by atoms with Gasteiger partial charge in [-0.1, -0.05) is 0 Å². The van der Waals surface area contributed by atoms with E-state index in [1.807, 2.05) is 27.8 Å². The first kappa shape index (κ1) is 15.3. The second kappa shape index (κ2) is 5.72. The lowest BCUT2D eigenvalue weighted by Crippen LogP contribution is -2.37. The molecular weight excluding hydrogens is 320 g/mol. The number of nitrogens with zero attached hydrogens (tertiary/aromatic N) is 2. The van der Waals surface area contributed by atoms with Crippen LogP contribution in [0, 0.1) is 0 Å². The summed E-state index contributed by atoms with van der Waals surface area (Å²) in [5.74, 6) is 0.494. The highest BCUT2D eigenvalue weighted by atomic mass is 79.9. The van der Waals surface area contributed by atoms with Crippen LogP contribution in [0.5, 0.6) is 0 Å². The van der Waals surface area contributed by atoms with Gasteiger partial charge in [0.2, 0.25) is 0 Å².